The molecular weight excluding hydrogens is 198 g/mol. The maximum Gasteiger partial charge on any atom is 0.274 e. The van der Waals surface area contributed by atoms with E-state index in [0.29, 0.717) is 26.3 Å². The summed E-state index contributed by atoms with van der Waals surface area (Å²) in [5, 5.41) is 5.92. The van der Waals surface area contributed by atoms with Crippen molar-refractivity contribution in [2.75, 3.05) is 26.3 Å². The number of nitrogens with one attached hydrogen (secondary N) is 1. The Morgan fingerprint density at radius 3 is 2.73 bits per heavy atom. The maximum atomic E-state index is 11.8. The van der Waals surface area contributed by atoms with Gasteiger partial charge in [0.25, 0.3) is 11.5 Å². The fourth-order valence-corrected chi connectivity index (χ4v) is 1.39. The van der Waals surface area contributed by atoms with Gasteiger partial charge in [-0.05, 0) is 6.07 Å². The molecule has 0 atom stereocenters. The van der Waals surface area contributed by atoms with Crippen molar-refractivity contribution in [1.82, 2.24) is 15.1 Å². The van der Waals surface area contributed by atoms with Crippen molar-refractivity contribution in [2.24, 2.45) is 0 Å². The highest BCUT2D eigenvalue weighted by atomic mass is 16.5. The lowest BCUT2D eigenvalue weighted by Gasteiger charge is -2.26. The number of hydrogen-bond acceptors (Lipinski definition) is 4. The lowest BCUT2D eigenvalue weighted by molar-refractivity contribution is 0.0298. The van der Waals surface area contributed by atoms with E-state index in [1.54, 1.807) is 4.90 Å². The molecule has 2 heterocycles. The summed E-state index contributed by atoms with van der Waals surface area (Å²) in [6.07, 6.45) is 0. The van der Waals surface area contributed by atoms with Gasteiger partial charge in [-0.2, -0.15) is 5.10 Å². The van der Waals surface area contributed by atoms with E-state index >= 15 is 0 Å². The molecule has 2 rings (SSSR count). The van der Waals surface area contributed by atoms with Crippen LogP contribution in [0.15, 0.2) is 16.9 Å². The molecule has 1 aromatic rings. The number of ether oxygens (including phenoxy) is 1. The Balaban J connectivity index is 2.12. The van der Waals surface area contributed by atoms with Crippen molar-refractivity contribution in [3.05, 3.63) is 28.2 Å². The minimum atomic E-state index is -0.312. The van der Waals surface area contributed by atoms with Gasteiger partial charge in [-0.15, -0.1) is 0 Å². The molecule has 15 heavy (non-hydrogen) atoms. The molecule has 1 fully saturated rings. The van der Waals surface area contributed by atoms with Gasteiger partial charge in [-0.3, -0.25) is 9.59 Å². The first-order valence-corrected chi connectivity index (χ1v) is 4.70. The molecule has 1 aliphatic heterocycles. The molecule has 1 aliphatic rings. The number of aromatic amines is 1. The number of H-pyrrole nitrogens is 1. The second-order valence-corrected chi connectivity index (χ2v) is 3.21. The first-order valence-electron chi connectivity index (χ1n) is 4.70. The fourth-order valence-electron chi connectivity index (χ4n) is 1.39. The number of hydrogen-bond donors (Lipinski definition) is 1. The van der Waals surface area contributed by atoms with Crippen LogP contribution in [0.3, 0.4) is 0 Å². The molecule has 1 aromatic heterocycles. The van der Waals surface area contributed by atoms with Gasteiger partial charge in [0, 0.05) is 19.2 Å². The lowest BCUT2D eigenvalue weighted by Crippen LogP contribution is -2.41. The van der Waals surface area contributed by atoms with Crippen molar-refractivity contribution >= 4 is 5.91 Å². The van der Waals surface area contributed by atoms with E-state index in [-0.39, 0.29) is 17.2 Å². The van der Waals surface area contributed by atoms with Crippen LogP contribution in [0.2, 0.25) is 0 Å². The summed E-state index contributed by atoms with van der Waals surface area (Å²) >= 11 is 0. The summed E-state index contributed by atoms with van der Waals surface area (Å²) in [4.78, 5) is 24.2. The normalized spacial score (nSPS) is 16.4. The van der Waals surface area contributed by atoms with E-state index in [1.165, 1.54) is 12.1 Å². The quantitative estimate of drug-likeness (QED) is 0.659. The zero-order chi connectivity index (χ0) is 10.7. The molecule has 1 amide bonds. The summed E-state index contributed by atoms with van der Waals surface area (Å²) < 4.78 is 5.13. The highest BCUT2D eigenvalue weighted by Crippen LogP contribution is 2.02. The molecule has 0 radical (unpaired) electrons. The summed E-state index contributed by atoms with van der Waals surface area (Å²) in [5.41, 5.74) is -0.0509. The van der Waals surface area contributed by atoms with E-state index in [2.05, 4.69) is 10.2 Å². The highest BCUT2D eigenvalue weighted by molar-refractivity contribution is 5.92. The molecule has 0 aromatic carbocycles. The Labute approximate surface area is 85.9 Å². The molecule has 0 unspecified atom stereocenters. The van der Waals surface area contributed by atoms with E-state index in [4.69, 9.17) is 4.74 Å². The summed E-state index contributed by atoms with van der Waals surface area (Å²) in [7, 11) is 0. The minimum absolute atomic E-state index is 0.172. The van der Waals surface area contributed by atoms with Crippen LogP contribution >= 0.6 is 0 Å². The van der Waals surface area contributed by atoms with E-state index < -0.39 is 0 Å². The molecule has 0 bridgehead atoms. The Morgan fingerprint density at radius 1 is 1.40 bits per heavy atom. The second-order valence-electron chi connectivity index (χ2n) is 3.21. The first-order chi connectivity index (χ1) is 7.27. The van der Waals surface area contributed by atoms with Gasteiger partial charge in [0.1, 0.15) is 5.69 Å². The number of morpholine rings is 1. The number of amides is 1. The molecule has 6 nitrogen and oxygen atoms in total. The van der Waals surface area contributed by atoms with Gasteiger partial charge in [0.2, 0.25) is 0 Å². The van der Waals surface area contributed by atoms with E-state index in [1.807, 2.05) is 0 Å². The zero-order valence-corrected chi connectivity index (χ0v) is 8.10. The van der Waals surface area contributed by atoms with E-state index in [9.17, 15) is 9.59 Å². The molecule has 80 valence electrons. The first kappa shape index (κ1) is 9.85. The number of aromatic nitrogens is 2. The molecule has 1 saturated heterocycles. The number of carbonyl (C=O) groups excluding carboxylic acids is 1. The molecular formula is C9H11N3O3. The number of carbonyl (C=O) groups is 1. The van der Waals surface area contributed by atoms with Gasteiger partial charge in [-0.1, -0.05) is 0 Å². The van der Waals surface area contributed by atoms with Crippen molar-refractivity contribution < 1.29 is 9.53 Å². The second kappa shape index (κ2) is 4.22. The van der Waals surface area contributed by atoms with Crippen molar-refractivity contribution in [2.45, 2.75) is 0 Å². The van der Waals surface area contributed by atoms with Crippen molar-refractivity contribution in [1.29, 1.82) is 0 Å². The van der Waals surface area contributed by atoms with Crippen LogP contribution in [0.4, 0.5) is 0 Å². The maximum absolute atomic E-state index is 11.8. The Hall–Kier alpha value is -1.69. The average Bonchev–Trinajstić information content (AvgIpc) is 2.30. The third kappa shape index (κ3) is 2.21. The number of rotatable bonds is 1. The Morgan fingerprint density at radius 2 is 2.13 bits per heavy atom. The summed E-state index contributed by atoms with van der Waals surface area (Å²) in [6, 6.07) is 2.72. The van der Waals surface area contributed by atoms with Crippen molar-refractivity contribution in [3.63, 3.8) is 0 Å². The molecule has 6 heteroatoms. The predicted octanol–water partition coefficient (Wildman–Crippen LogP) is -0.758. The predicted molar refractivity (Wildman–Crippen MR) is 51.6 cm³/mol. The molecule has 0 aliphatic carbocycles. The van der Waals surface area contributed by atoms with Crippen LogP contribution in [0.1, 0.15) is 10.5 Å². The van der Waals surface area contributed by atoms with Gasteiger partial charge in [0.15, 0.2) is 0 Å². The largest absolute Gasteiger partial charge is 0.378 e. The Kier molecular flexibility index (Phi) is 2.77. The van der Waals surface area contributed by atoms with Crippen LogP contribution in [-0.4, -0.2) is 47.3 Å². The van der Waals surface area contributed by atoms with Crippen LogP contribution < -0.4 is 5.56 Å². The monoisotopic (exact) mass is 209 g/mol. The molecule has 1 N–H and O–H groups in total. The van der Waals surface area contributed by atoms with Crippen LogP contribution in [-0.2, 0) is 4.74 Å². The minimum Gasteiger partial charge on any atom is -0.378 e. The molecule has 0 spiro atoms. The van der Waals surface area contributed by atoms with Gasteiger partial charge in [-0.25, -0.2) is 5.10 Å². The van der Waals surface area contributed by atoms with Crippen LogP contribution in [0, 0.1) is 0 Å². The highest BCUT2D eigenvalue weighted by Gasteiger charge is 2.19. The van der Waals surface area contributed by atoms with Gasteiger partial charge < -0.3 is 9.64 Å². The van der Waals surface area contributed by atoms with Crippen LogP contribution in [0.25, 0.3) is 0 Å². The third-order valence-corrected chi connectivity index (χ3v) is 2.20. The third-order valence-electron chi connectivity index (χ3n) is 2.20. The zero-order valence-electron chi connectivity index (χ0n) is 8.10. The van der Waals surface area contributed by atoms with Crippen molar-refractivity contribution in [3.8, 4) is 0 Å². The molecule has 0 saturated carbocycles. The Bertz CT molecular complexity index is 389. The SMILES string of the molecule is O=C(c1ccc(=O)[nH]n1)N1CCOCC1. The average molecular weight is 209 g/mol. The summed E-state index contributed by atoms with van der Waals surface area (Å²) in [5.74, 6) is -0.172. The van der Waals surface area contributed by atoms with Gasteiger partial charge in [0.05, 0.1) is 13.2 Å². The fraction of sp³-hybridized carbons (Fsp3) is 0.444. The van der Waals surface area contributed by atoms with Crippen LogP contribution in [0.5, 0.6) is 0 Å². The number of nitrogens with zero attached hydrogens (tertiary/aromatic N) is 2. The van der Waals surface area contributed by atoms with E-state index in [0.717, 1.165) is 0 Å². The smallest absolute Gasteiger partial charge is 0.274 e. The standard InChI is InChI=1S/C9H11N3O3/c13-8-2-1-7(10-11-8)9(14)12-3-5-15-6-4-12/h1-2H,3-6H2,(H,11,13). The summed E-state index contributed by atoms with van der Waals surface area (Å²) in [6.45, 7) is 2.24. The topological polar surface area (TPSA) is 75.3 Å². The lowest BCUT2D eigenvalue weighted by atomic mass is 10.3. The van der Waals surface area contributed by atoms with Gasteiger partial charge >= 0.3 is 0 Å².